The van der Waals surface area contributed by atoms with Gasteiger partial charge in [-0.3, -0.25) is 0 Å². The molecule has 1 aliphatic heterocycles. The molecule has 0 aliphatic carbocycles. The Morgan fingerprint density at radius 3 is 2.88 bits per heavy atom. The molecule has 6 heteroatoms. The standard InChI is InChI=1S/C18H19N5O/c1-13-11-17(20-12-19-13)22-15-8-10-24-18(15)16-7-9-21-23(16)14-5-3-2-4-6-14/h2-7,9,11-12,15,18H,8,10H2,1H3,(H,19,20,22)/t15-,18-/m1/s1. The van der Waals surface area contributed by atoms with Crippen LogP contribution in [0.2, 0.25) is 0 Å². The first kappa shape index (κ1) is 14.8. The van der Waals surface area contributed by atoms with Gasteiger partial charge in [0.2, 0.25) is 0 Å². The molecular weight excluding hydrogens is 302 g/mol. The normalized spacial score (nSPS) is 20.2. The monoisotopic (exact) mass is 321 g/mol. The number of aryl methyl sites for hydroxylation is 1. The molecule has 1 N–H and O–H groups in total. The van der Waals surface area contributed by atoms with Crippen molar-refractivity contribution in [3.8, 4) is 5.69 Å². The first-order chi connectivity index (χ1) is 11.8. The van der Waals surface area contributed by atoms with Crippen molar-refractivity contribution in [3.05, 3.63) is 66.4 Å². The number of benzene rings is 1. The summed E-state index contributed by atoms with van der Waals surface area (Å²) in [6.07, 6.45) is 4.25. The van der Waals surface area contributed by atoms with Gasteiger partial charge in [-0.2, -0.15) is 5.10 Å². The third-order valence-corrected chi connectivity index (χ3v) is 4.19. The van der Waals surface area contributed by atoms with Crippen LogP contribution < -0.4 is 5.32 Å². The van der Waals surface area contributed by atoms with E-state index in [0.29, 0.717) is 6.61 Å². The van der Waals surface area contributed by atoms with Gasteiger partial charge < -0.3 is 10.1 Å². The molecular formula is C18H19N5O. The molecule has 3 heterocycles. The summed E-state index contributed by atoms with van der Waals surface area (Å²) in [7, 11) is 0. The summed E-state index contributed by atoms with van der Waals surface area (Å²) in [5.74, 6) is 0.828. The van der Waals surface area contributed by atoms with E-state index in [2.05, 4.69) is 20.4 Å². The van der Waals surface area contributed by atoms with Gasteiger partial charge in [0, 0.05) is 24.6 Å². The van der Waals surface area contributed by atoms with Crippen LogP contribution in [0, 0.1) is 6.92 Å². The van der Waals surface area contributed by atoms with Crippen LogP contribution in [0.3, 0.4) is 0 Å². The average molecular weight is 321 g/mol. The van der Waals surface area contributed by atoms with Crippen molar-refractivity contribution in [2.45, 2.75) is 25.5 Å². The van der Waals surface area contributed by atoms with Gasteiger partial charge in [-0.25, -0.2) is 14.6 Å². The molecule has 1 saturated heterocycles. The minimum atomic E-state index is -0.0667. The van der Waals surface area contributed by atoms with Gasteiger partial charge in [-0.1, -0.05) is 18.2 Å². The van der Waals surface area contributed by atoms with E-state index in [4.69, 9.17) is 4.74 Å². The average Bonchev–Trinajstić information content (AvgIpc) is 3.24. The minimum Gasteiger partial charge on any atom is -0.370 e. The summed E-state index contributed by atoms with van der Waals surface area (Å²) >= 11 is 0. The van der Waals surface area contributed by atoms with Crippen molar-refractivity contribution in [2.75, 3.05) is 11.9 Å². The van der Waals surface area contributed by atoms with Crippen molar-refractivity contribution in [2.24, 2.45) is 0 Å². The van der Waals surface area contributed by atoms with Gasteiger partial charge in [0.1, 0.15) is 18.2 Å². The van der Waals surface area contributed by atoms with Crippen LogP contribution in [0.1, 0.15) is 23.9 Å². The van der Waals surface area contributed by atoms with Crippen molar-refractivity contribution in [3.63, 3.8) is 0 Å². The van der Waals surface area contributed by atoms with E-state index in [0.717, 1.165) is 29.3 Å². The van der Waals surface area contributed by atoms with E-state index >= 15 is 0 Å². The quantitative estimate of drug-likeness (QED) is 0.800. The number of anilines is 1. The highest BCUT2D eigenvalue weighted by molar-refractivity contribution is 5.38. The molecule has 2 atom stereocenters. The predicted molar refractivity (Wildman–Crippen MR) is 91.1 cm³/mol. The Kier molecular flexibility index (Phi) is 3.96. The molecule has 0 amide bonds. The Hall–Kier alpha value is -2.73. The summed E-state index contributed by atoms with van der Waals surface area (Å²) in [6, 6.07) is 14.2. The molecule has 0 spiro atoms. The third kappa shape index (κ3) is 2.88. The molecule has 0 radical (unpaired) electrons. The number of hydrogen-bond donors (Lipinski definition) is 1. The van der Waals surface area contributed by atoms with Crippen molar-refractivity contribution in [1.29, 1.82) is 0 Å². The van der Waals surface area contributed by atoms with Crippen LogP contribution in [-0.4, -0.2) is 32.4 Å². The van der Waals surface area contributed by atoms with Crippen molar-refractivity contribution < 1.29 is 4.74 Å². The largest absolute Gasteiger partial charge is 0.370 e. The SMILES string of the molecule is Cc1cc(N[C@@H]2CCO[C@H]2c2ccnn2-c2ccccc2)ncn1. The Labute approximate surface area is 140 Å². The van der Waals surface area contributed by atoms with Crippen molar-refractivity contribution >= 4 is 5.82 Å². The second-order valence-electron chi connectivity index (χ2n) is 5.88. The maximum Gasteiger partial charge on any atom is 0.129 e. The maximum atomic E-state index is 6.01. The lowest BCUT2D eigenvalue weighted by Crippen LogP contribution is -2.25. The molecule has 4 rings (SSSR count). The van der Waals surface area contributed by atoms with Crippen LogP contribution in [0.25, 0.3) is 5.69 Å². The van der Waals surface area contributed by atoms with Gasteiger partial charge in [-0.05, 0) is 31.5 Å². The first-order valence-corrected chi connectivity index (χ1v) is 8.07. The van der Waals surface area contributed by atoms with Crippen LogP contribution in [0.4, 0.5) is 5.82 Å². The van der Waals surface area contributed by atoms with E-state index in [1.807, 2.05) is 60.3 Å². The zero-order chi connectivity index (χ0) is 16.4. The Balaban J connectivity index is 1.61. The fraction of sp³-hybridized carbons (Fsp3) is 0.278. The molecule has 3 aromatic rings. The molecule has 0 saturated carbocycles. The van der Waals surface area contributed by atoms with Gasteiger partial charge in [0.15, 0.2) is 0 Å². The Bertz CT molecular complexity index is 817. The fourth-order valence-corrected chi connectivity index (χ4v) is 3.07. The summed E-state index contributed by atoms with van der Waals surface area (Å²) in [5.41, 5.74) is 3.02. The zero-order valence-electron chi connectivity index (χ0n) is 13.5. The number of nitrogens with one attached hydrogen (secondary N) is 1. The van der Waals surface area contributed by atoms with E-state index < -0.39 is 0 Å². The first-order valence-electron chi connectivity index (χ1n) is 8.07. The van der Waals surface area contributed by atoms with E-state index in [9.17, 15) is 0 Å². The van der Waals surface area contributed by atoms with E-state index in [-0.39, 0.29) is 12.1 Å². The molecule has 6 nitrogen and oxygen atoms in total. The van der Waals surface area contributed by atoms with E-state index in [1.54, 1.807) is 6.33 Å². The maximum absolute atomic E-state index is 6.01. The summed E-state index contributed by atoms with van der Waals surface area (Å²) < 4.78 is 7.95. The van der Waals surface area contributed by atoms with Crippen LogP contribution in [0.5, 0.6) is 0 Å². The molecule has 122 valence electrons. The number of hydrogen-bond acceptors (Lipinski definition) is 5. The smallest absolute Gasteiger partial charge is 0.129 e. The van der Waals surface area contributed by atoms with Crippen LogP contribution >= 0.6 is 0 Å². The highest BCUT2D eigenvalue weighted by Gasteiger charge is 2.32. The Morgan fingerprint density at radius 2 is 2.04 bits per heavy atom. The molecule has 1 aliphatic rings. The lowest BCUT2D eigenvalue weighted by Gasteiger charge is -2.21. The number of para-hydroxylation sites is 1. The van der Waals surface area contributed by atoms with Gasteiger partial charge >= 0.3 is 0 Å². The lowest BCUT2D eigenvalue weighted by molar-refractivity contribution is 0.102. The summed E-state index contributed by atoms with van der Waals surface area (Å²) in [4.78, 5) is 8.44. The highest BCUT2D eigenvalue weighted by Crippen LogP contribution is 2.32. The number of aromatic nitrogens is 4. The van der Waals surface area contributed by atoms with E-state index in [1.165, 1.54) is 0 Å². The Morgan fingerprint density at radius 1 is 1.17 bits per heavy atom. The third-order valence-electron chi connectivity index (χ3n) is 4.19. The highest BCUT2D eigenvalue weighted by atomic mass is 16.5. The van der Waals surface area contributed by atoms with Gasteiger partial charge in [0.25, 0.3) is 0 Å². The number of rotatable bonds is 4. The minimum absolute atomic E-state index is 0.0667. The molecule has 24 heavy (non-hydrogen) atoms. The zero-order valence-corrected chi connectivity index (χ0v) is 13.5. The molecule has 0 bridgehead atoms. The van der Waals surface area contributed by atoms with Crippen LogP contribution in [0.15, 0.2) is 55.0 Å². The van der Waals surface area contributed by atoms with Gasteiger partial charge in [0.05, 0.1) is 17.4 Å². The van der Waals surface area contributed by atoms with Gasteiger partial charge in [-0.15, -0.1) is 0 Å². The summed E-state index contributed by atoms with van der Waals surface area (Å²) in [6.45, 7) is 2.67. The molecule has 1 fully saturated rings. The molecule has 1 aromatic carbocycles. The second kappa shape index (κ2) is 6.41. The predicted octanol–water partition coefficient (Wildman–Crippen LogP) is 2.91. The fourth-order valence-electron chi connectivity index (χ4n) is 3.07. The van der Waals surface area contributed by atoms with Crippen molar-refractivity contribution in [1.82, 2.24) is 19.7 Å². The summed E-state index contributed by atoms with van der Waals surface area (Å²) in [5, 5.41) is 7.95. The lowest BCUT2D eigenvalue weighted by atomic mass is 10.1. The molecule has 0 unspecified atom stereocenters. The number of ether oxygens (including phenoxy) is 1. The van der Waals surface area contributed by atoms with Crippen LogP contribution in [-0.2, 0) is 4.74 Å². The second-order valence-corrected chi connectivity index (χ2v) is 5.88. The topological polar surface area (TPSA) is 64.9 Å². The number of nitrogens with zero attached hydrogens (tertiary/aromatic N) is 4. The molecule has 2 aromatic heterocycles.